The third-order valence-electron chi connectivity index (χ3n) is 6.33. The highest BCUT2D eigenvalue weighted by molar-refractivity contribution is 6.09. The Balaban J connectivity index is 1.52. The molecule has 1 fully saturated rings. The van der Waals surface area contributed by atoms with Crippen LogP contribution in [0.2, 0.25) is 0 Å². The van der Waals surface area contributed by atoms with E-state index in [4.69, 9.17) is 9.47 Å². The monoisotopic (exact) mass is 460 g/mol. The average Bonchev–Trinajstić information content (AvgIpc) is 2.88. The maximum absolute atomic E-state index is 13.4. The van der Waals surface area contributed by atoms with E-state index in [9.17, 15) is 14.4 Å². The number of ether oxygens (including phenoxy) is 2. The van der Waals surface area contributed by atoms with Gasteiger partial charge in [0.05, 0.1) is 25.7 Å². The Morgan fingerprint density at radius 1 is 1.00 bits per heavy atom. The number of carbonyl (C=O) groups is 3. The van der Waals surface area contributed by atoms with E-state index in [1.165, 1.54) is 7.11 Å². The number of nitrogens with zero attached hydrogens (tertiary/aromatic N) is 1. The lowest BCUT2D eigenvalue weighted by atomic mass is 9.95. The van der Waals surface area contributed by atoms with Crippen molar-refractivity contribution in [2.24, 2.45) is 5.92 Å². The summed E-state index contributed by atoms with van der Waals surface area (Å²) in [5.74, 6) is -0.352. The van der Waals surface area contributed by atoms with Crippen LogP contribution in [0.5, 0.6) is 5.75 Å². The predicted molar refractivity (Wildman–Crippen MR) is 130 cm³/mol. The number of fused-ring (bicyclic) bond motifs is 1. The summed E-state index contributed by atoms with van der Waals surface area (Å²) in [6, 6.07) is 16.3. The van der Waals surface area contributed by atoms with Crippen LogP contribution in [0, 0.1) is 12.8 Å². The van der Waals surface area contributed by atoms with Crippen LogP contribution in [0.1, 0.15) is 39.1 Å². The topological polar surface area (TPSA) is 84.9 Å². The van der Waals surface area contributed by atoms with Crippen molar-refractivity contribution in [1.29, 1.82) is 0 Å². The molecule has 7 nitrogen and oxygen atoms in total. The van der Waals surface area contributed by atoms with Crippen molar-refractivity contribution >= 4 is 34.2 Å². The first-order chi connectivity index (χ1) is 16.4. The SMILES string of the molecule is COC(=O)c1ccc(C)c(NC(=O)[C@H]2CCCN(C(=O)c3ccc(OC)c4ccccc34)C2)c1. The average molecular weight is 461 g/mol. The summed E-state index contributed by atoms with van der Waals surface area (Å²) < 4.78 is 10.2. The molecule has 3 aromatic rings. The molecular weight excluding hydrogens is 432 g/mol. The summed E-state index contributed by atoms with van der Waals surface area (Å²) in [4.78, 5) is 40.2. The van der Waals surface area contributed by atoms with E-state index in [1.807, 2.05) is 31.2 Å². The Morgan fingerprint density at radius 3 is 2.50 bits per heavy atom. The van der Waals surface area contributed by atoms with E-state index in [-0.39, 0.29) is 17.7 Å². The third-order valence-corrected chi connectivity index (χ3v) is 6.33. The summed E-state index contributed by atoms with van der Waals surface area (Å²) in [7, 11) is 2.93. The number of likely N-dealkylation sites (tertiary alicyclic amines) is 1. The fraction of sp³-hybridized carbons (Fsp3) is 0.296. The summed E-state index contributed by atoms with van der Waals surface area (Å²) >= 11 is 0. The number of piperidine rings is 1. The highest BCUT2D eigenvalue weighted by Crippen LogP contribution is 2.30. The van der Waals surface area contributed by atoms with Crippen LogP contribution >= 0.6 is 0 Å². The molecule has 34 heavy (non-hydrogen) atoms. The number of anilines is 1. The fourth-order valence-electron chi connectivity index (χ4n) is 4.42. The number of nitrogens with one attached hydrogen (secondary N) is 1. The first kappa shape index (κ1) is 23.3. The molecule has 1 atom stereocenters. The molecule has 0 aromatic heterocycles. The molecule has 2 amide bonds. The van der Waals surface area contributed by atoms with Crippen molar-refractivity contribution in [3.8, 4) is 5.75 Å². The number of methoxy groups -OCH3 is 2. The Hall–Kier alpha value is -3.87. The zero-order valence-electron chi connectivity index (χ0n) is 19.6. The molecule has 0 aliphatic carbocycles. The number of hydrogen-bond acceptors (Lipinski definition) is 5. The van der Waals surface area contributed by atoms with Crippen LogP contribution in [0.25, 0.3) is 10.8 Å². The minimum absolute atomic E-state index is 0.0970. The number of aryl methyl sites for hydroxylation is 1. The fourth-order valence-corrected chi connectivity index (χ4v) is 4.42. The van der Waals surface area contributed by atoms with Crippen LogP contribution < -0.4 is 10.1 Å². The lowest BCUT2D eigenvalue weighted by Crippen LogP contribution is -2.43. The van der Waals surface area contributed by atoms with Gasteiger partial charge in [0.2, 0.25) is 5.91 Å². The van der Waals surface area contributed by atoms with E-state index in [1.54, 1.807) is 42.3 Å². The van der Waals surface area contributed by atoms with Gasteiger partial charge in [-0.2, -0.15) is 0 Å². The molecule has 7 heteroatoms. The number of carbonyl (C=O) groups excluding carboxylic acids is 3. The Morgan fingerprint density at radius 2 is 1.76 bits per heavy atom. The molecule has 1 heterocycles. The number of hydrogen-bond donors (Lipinski definition) is 1. The quantitative estimate of drug-likeness (QED) is 0.569. The van der Waals surface area contributed by atoms with Crippen LogP contribution in [0.3, 0.4) is 0 Å². The lowest BCUT2D eigenvalue weighted by Gasteiger charge is -2.32. The van der Waals surface area contributed by atoms with Crippen molar-refractivity contribution in [2.75, 3.05) is 32.6 Å². The molecule has 4 rings (SSSR count). The largest absolute Gasteiger partial charge is 0.496 e. The highest BCUT2D eigenvalue weighted by Gasteiger charge is 2.30. The van der Waals surface area contributed by atoms with Gasteiger partial charge in [0.25, 0.3) is 5.91 Å². The molecule has 0 spiro atoms. The van der Waals surface area contributed by atoms with Crippen LogP contribution in [-0.4, -0.2) is 50.0 Å². The minimum Gasteiger partial charge on any atom is -0.496 e. The smallest absolute Gasteiger partial charge is 0.337 e. The summed E-state index contributed by atoms with van der Waals surface area (Å²) in [5.41, 5.74) is 2.38. The molecular formula is C27H28N2O5. The molecule has 1 saturated heterocycles. The predicted octanol–water partition coefficient (Wildman–Crippen LogP) is 4.43. The summed E-state index contributed by atoms with van der Waals surface area (Å²) in [6.07, 6.45) is 1.42. The zero-order valence-corrected chi connectivity index (χ0v) is 19.6. The van der Waals surface area contributed by atoms with Gasteiger partial charge < -0.3 is 19.7 Å². The molecule has 3 aromatic carbocycles. The lowest BCUT2D eigenvalue weighted by molar-refractivity contribution is -0.121. The molecule has 176 valence electrons. The standard InChI is InChI=1S/C27H28N2O5/c1-17-10-11-18(27(32)34-3)15-23(17)28-25(30)19-7-6-14-29(16-19)26(31)22-12-13-24(33-2)21-9-5-4-8-20(21)22/h4-5,8-13,15,19H,6-7,14,16H2,1-3H3,(H,28,30)/t19-/m0/s1. The molecule has 0 unspecified atom stereocenters. The zero-order chi connectivity index (χ0) is 24.2. The summed E-state index contributed by atoms with van der Waals surface area (Å²) in [5, 5.41) is 4.65. The van der Waals surface area contributed by atoms with Gasteiger partial charge in [-0.3, -0.25) is 9.59 Å². The van der Waals surface area contributed by atoms with Crippen molar-refractivity contribution < 1.29 is 23.9 Å². The number of amides is 2. The van der Waals surface area contributed by atoms with E-state index < -0.39 is 5.97 Å². The first-order valence-electron chi connectivity index (χ1n) is 11.3. The Bertz CT molecular complexity index is 1250. The number of rotatable bonds is 5. The van der Waals surface area contributed by atoms with Crippen molar-refractivity contribution in [3.63, 3.8) is 0 Å². The Kier molecular flexibility index (Phi) is 6.82. The van der Waals surface area contributed by atoms with Gasteiger partial charge in [0.1, 0.15) is 5.75 Å². The summed E-state index contributed by atoms with van der Waals surface area (Å²) in [6.45, 7) is 2.79. The van der Waals surface area contributed by atoms with Gasteiger partial charge in [-0.15, -0.1) is 0 Å². The highest BCUT2D eigenvalue weighted by atomic mass is 16.5. The van der Waals surface area contributed by atoms with E-state index >= 15 is 0 Å². The van der Waals surface area contributed by atoms with Crippen LogP contribution in [-0.2, 0) is 9.53 Å². The number of benzene rings is 3. The number of esters is 1. The van der Waals surface area contributed by atoms with Gasteiger partial charge in [-0.25, -0.2) is 4.79 Å². The molecule has 0 bridgehead atoms. The van der Waals surface area contributed by atoms with Gasteiger partial charge in [-0.05, 0) is 55.0 Å². The first-order valence-corrected chi connectivity index (χ1v) is 11.3. The van der Waals surface area contributed by atoms with Crippen molar-refractivity contribution in [3.05, 3.63) is 71.3 Å². The second-order valence-electron chi connectivity index (χ2n) is 8.46. The second-order valence-corrected chi connectivity index (χ2v) is 8.46. The van der Waals surface area contributed by atoms with Gasteiger partial charge >= 0.3 is 5.97 Å². The van der Waals surface area contributed by atoms with Crippen molar-refractivity contribution in [1.82, 2.24) is 4.90 Å². The minimum atomic E-state index is -0.461. The van der Waals surface area contributed by atoms with E-state index in [0.29, 0.717) is 42.1 Å². The molecule has 1 N–H and O–H groups in total. The van der Waals surface area contributed by atoms with E-state index in [2.05, 4.69) is 5.32 Å². The van der Waals surface area contributed by atoms with E-state index in [0.717, 1.165) is 22.8 Å². The molecule has 0 saturated carbocycles. The molecule has 1 aliphatic heterocycles. The molecule has 0 radical (unpaired) electrons. The Labute approximate surface area is 198 Å². The third kappa shape index (κ3) is 4.59. The van der Waals surface area contributed by atoms with Crippen molar-refractivity contribution in [2.45, 2.75) is 19.8 Å². The molecule has 1 aliphatic rings. The van der Waals surface area contributed by atoms with Gasteiger partial charge in [0, 0.05) is 29.7 Å². The maximum atomic E-state index is 13.4. The van der Waals surface area contributed by atoms with Crippen LogP contribution in [0.15, 0.2) is 54.6 Å². The van der Waals surface area contributed by atoms with Crippen LogP contribution in [0.4, 0.5) is 5.69 Å². The maximum Gasteiger partial charge on any atom is 0.337 e. The normalized spacial score (nSPS) is 15.6. The second kappa shape index (κ2) is 9.95. The van der Waals surface area contributed by atoms with Gasteiger partial charge in [0.15, 0.2) is 0 Å². The van der Waals surface area contributed by atoms with Gasteiger partial charge in [-0.1, -0.05) is 30.3 Å².